The lowest BCUT2D eigenvalue weighted by atomic mass is 10.4. The number of nitrogens with one attached hydrogen (secondary N) is 1. The van der Waals surface area contributed by atoms with Gasteiger partial charge in [0.2, 0.25) is 0 Å². The summed E-state index contributed by atoms with van der Waals surface area (Å²) in [5, 5.41) is 4.06. The maximum atomic E-state index is 4.84. The minimum atomic E-state index is -1.95. The van der Waals surface area contributed by atoms with E-state index in [1.807, 2.05) is 12.1 Å². The molecule has 0 fully saturated rings. The number of nitrogens with zero attached hydrogens (tertiary/aromatic N) is 2. The zero-order valence-corrected chi connectivity index (χ0v) is 18.0. The van der Waals surface area contributed by atoms with Gasteiger partial charge in [0.05, 0.1) is 5.52 Å². The predicted octanol–water partition coefficient (Wildman–Crippen LogP) is 1.46. The van der Waals surface area contributed by atoms with E-state index in [4.69, 9.17) is 4.98 Å². The first kappa shape index (κ1) is 20.3. The average Bonchev–Trinajstić information content (AvgIpc) is 3.22. The van der Waals surface area contributed by atoms with Gasteiger partial charge in [0.15, 0.2) is 5.65 Å². The lowest BCUT2D eigenvalue weighted by molar-refractivity contribution is -0.00000589. The highest BCUT2D eigenvalue weighted by Gasteiger charge is 2.46. The van der Waals surface area contributed by atoms with Gasteiger partial charge >= 0.3 is 0 Å². The van der Waals surface area contributed by atoms with Crippen LogP contribution < -0.4 is 28.3 Å². The summed E-state index contributed by atoms with van der Waals surface area (Å²) in [6.45, 7) is 0. The normalized spacial score (nSPS) is 11.2. The average molecular weight is 430 g/mol. The third-order valence-corrected chi connectivity index (χ3v) is 9.60. The van der Waals surface area contributed by atoms with Crippen molar-refractivity contribution in [1.29, 1.82) is 0 Å². The molecular formula is C25H21ClN3P. The van der Waals surface area contributed by atoms with Crippen molar-refractivity contribution < 1.29 is 12.4 Å². The van der Waals surface area contributed by atoms with Gasteiger partial charge in [-0.2, -0.15) is 0 Å². The number of aromatic nitrogens is 3. The van der Waals surface area contributed by atoms with Crippen LogP contribution in [0.15, 0.2) is 109 Å². The van der Waals surface area contributed by atoms with E-state index >= 15 is 0 Å². The molecule has 0 bridgehead atoms. The molecule has 0 aliphatic rings. The zero-order valence-electron chi connectivity index (χ0n) is 16.3. The molecule has 30 heavy (non-hydrogen) atoms. The van der Waals surface area contributed by atoms with Crippen LogP contribution in [-0.2, 0) is 6.16 Å². The fraction of sp³-hybridized carbons (Fsp3) is 0.0400. The standard InChI is InChI=1S/C25H21N3P.ClH/c1-4-11-20(12-5-1)29(21-13-6-2-7-14-21,22-15-8-3-9-16-22)19-24-27-23-17-10-18-26-25(23)28-24;/h1-18H,19H2,(H,26,27,28);1H/q+1;/p-1. The highest BCUT2D eigenvalue weighted by molar-refractivity contribution is 7.95. The smallest absolute Gasteiger partial charge is 0.177 e. The third-order valence-electron chi connectivity index (χ3n) is 5.28. The number of halogens is 1. The van der Waals surface area contributed by atoms with Gasteiger partial charge in [-0.05, 0) is 48.5 Å². The van der Waals surface area contributed by atoms with Gasteiger partial charge in [-0.25, -0.2) is 9.97 Å². The Balaban J connectivity index is 0.00000218. The van der Waals surface area contributed by atoms with E-state index in [0.717, 1.165) is 23.2 Å². The summed E-state index contributed by atoms with van der Waals surface area (Å²) in [6.07, 6.45) is 2.61. The lowest BCUT2D eigenvalue weighted by Crippen LogP contribution is -3.00. The molecule has 0 aliphatic heterocycles. The Kier molecular flexibility index (Phi) is 5.94. The molecule has 0 unspecified atom stereocenters. The van der Waals surface area contributed by atoms with Crippen LogP contribution in [0.5, 0.6) is 0 Å². The topological polar surface area (TPSA) is 41.6 Å². The monoisotopic (exact) mass is 429 g/mol. The molecule has 0 atom stereocenters. The Hall–Kier alpha value is -3.00. The summed E-state index contributed by atoms with van der Waals surface area (Å²) in [4.78, 5) is 12.8. The second-order valence-corrected chi connectivity index (χ2v) is 10.5. The van der Waals surface area contributed by atoms with Crippen molar-refractivity contribution in [2.24, 2.45) is 0 Å². The number of fused-ring (bicyclic) bond motifs is 1. The Labute approximate surface area is 183 Å². The van der Waals surface area contributed by atoms with Crippen LogP contribution in [0.25, 0.3) is 11.2 Å². The van der Waals surface area contributed by atoms with Crippen molar-refractivity contribution in [3.8, 4) is 0 Å². The SMILES string of the molecule is [Cl-].c1ccc([P+](Cc2nc3ncccc3[nH]2)(c2ccccc2)c2ccccc2)cc1. The first-order valence-corrected chi connectivity index (χ1v) is 11.7. The number of hydrogen-bond donors (Lipinski definition) is 1. The van der Waals surface area contributed by atoms with E-state index in [-0.39, 0.29) is 12.4 Å². The second kappa shape index (κ2) is 8.79. The minimum absolute atomic E-state index is 0. The van der Waals surface area contributed by atoms with Crippen molar-refractivity contribution in [1.82, 2.24) is 15.0 Å². The Morgan fingerprint density at radius 1 is 0.633 bits per heavy atom. The van der Waals surface area contributed by atoms with Crippen LogP contribution in [0.4, 0.5) is 0 Å². The molecule has 0 saturated carbocycles. The number of H-pyrrole nitrogens is 1. The second-order valence-electron chi connectivity index (χ2n) is 7.03. The van der Waals surface area contributed by atoms with Gasteiger partial charge < -0.3 is 17.4 Å². The van der Waals surface area contributed by atoms with Crippen LogP contribution in [-0.4, -0.2) is 15.0 Å². The predicted molar refractivity (Wildman–Crippen MR) is 123 cm³/mol. The molecule has 0 aliphatic carbocycles. The van der Waals surface area contributed by atoms with Crippen LogP contribution >= 0.6 is 7.26 Å². The molecule has 0 saturated heterocycles. The molecule has 3 aromatic carbocycles. The maximum absolute atomic E-state index is 4.84. The van der Waals surface area contributed by atoms with Gasteiger partial charge in [-0.3, -0.25) is 0 Å². The highest BCUT2D eigenvalue weighted by atomic mass is 35.5. The molecule has 0 spiro atoms. The van der Waals surface area contributed by atoms with Crippen molar-refractivity contribution in [3.05, 3.63) is 115 Å². The summed E-state index contributed by atoms with van der Waals surface area (Å²) >= 11 is 0. The number of aromatic amines is 1. The molecule has 5 aromatic rings. The molecule has 148 valence electrons. The zero-order chi connectivity index (χ0) is 19.5. The summed E-state index contributed by atoms with van der Waals surface area (Å²) in [5.41, 5.74) is 1.75. The molecular weight excluding hydrogens is 409 g/mol. The Morgan fingerprint density at radius 3 is 1.60 bits per heavy atom. The molecule has 2 heterocycles. The van der Waals surface area contributed by atoms with E-state index in [1.54, 1.807) is 6.20 Å². The summed E-state index contributed by atoms with van der Waals surface area (Å²) in [5.74, 6) is 0.976. The Bertz CT molecular complexity index is 1090. The Morgan fingerprint density at radius 2 is 1.13 bits per heavy atom. The van der Waals surface area contributed by atoms with E-state index in [1.165, 1.54) is 15.9 Å². The van der Waals surface area contributed by atoms with Crippen molar-refractivity contribution >= 4 is 34.3 Å². The molecule has 2 aromatic heterocycles. The number of benzene rings is 3. The van der Waals surface area contributed by atoms with E-state index in [2.05, 4.69) is 101 Å². The number of rotatable bonds is 5. The maximum Gasteiger partial charge on any atom is 0.177 e. The molecule has 3 nitrogen and oxygen atoms in total. The molecule has 0 amide bonds. The highest BCUT2D eigenvalue weighted by Crippen LogP contribution is 2.57. The van der Waals surface area contributed by atoms with Crippen LogP contribution in [0.1, 0.15) is 5.82 Å². The molecule has 1 N–H and O–H groups in total. The van der Waals surface area contributed by atoms with Crippen LogP contribution in [0.3, 0.4) is 0 Å². The summed E-state index contributed by atoms with van der Waals surface area (Å²) in [6, 6.07) is 36.6. The number of hydrogen-bond acceptors (Lipinski definition) is 2. The van der Waals surface area contributed by atoms with E-state index in [0.29, 0.717) is 0 Å². The number of pyridine rings is 1. The van der Waals surface area contributed by atoms with E-state index in [9.17, 15) is 0 Å². The van der Waals surface area contributed by atoms with Crippen LogP contribution in [0.2, 0.25) is 0 Å². The number of imidazole rings is 1. The quantitative estimate of drug-likeness (QED) is 0.430. The molecule has 5 rings (SSSR count). The van der Waals surface area contributed by atoms with Crippen molar-refractivity contribution in [2.75, 3.05) is 0 Å². The first-order valence-electron chi connectivity index (χ1n) is 9.71. The minimum Gasteiger partial charge on any atom is -1.00 e. The lowest BCUT2D eigenvalue weighted by Gasteiger charge is -2.26. The van der Waals surface area contributed by atoms with Crippen molar-refractivity contribution in [3.63, 3.8) is 0 Å². The van der Waals surface area contributed by atoms with Gasteiger partial charge in [-0.1, -0.05) is 54.6 Å². The van der Waals surface area contributed by atoms with Gasteiger partial charge in [0, 0.05) is 6.20 Å². The fourth-order valence-corrected chi connectivity index (χ4v) is 8.05. The van der Waals surface area contributed by atoms with Gasteiger partial charge in [0.1, 0.15) is 35.2 Å². The molecule has 0 radical (unpaired) electrons. The molecule has 5 heteroatoms. The van der Waals surface area contributed by atoms with E-state index < -0.39 is 7.26 Å². The first-order chi connectivity index (χ1) is 14.4. The van der Waals surface area contributed by atoms with Gasteiger partial charge in [0.25, 0.3) is 0 Å². The third kappa shape index (κ3) is 3.63. The van der Waals surface area contributed by atoms with Crippen molar-refractivity contribution in [2.45, 2.75) is 6.16 Å². The fourth-order valence-electron chi connectivity index (χ4n) is 3.96. The summed E-state index contributed by atoms with van der Waals surface area (Å²) < 4.78 is 0. The van der Waals surface area contributed by atoms with Gasteiger partial charge in [-0.15, -0.1) is 0 Å². The largest absolute Gasteiger partial charge is 1.00 e. The van der Waals surface area contributed by atoms with Crippen LogP contribution in [0, 0.1) is 0 Å². The summed E-state index contributed by atoms with van der Waals surface area (Å²) in [7, 11) is -1.95.